The Bertz CT molecular complexity index is 523. The topological polar surface area (TPSA) is 67.2 Å². The summed E-state index contributed by atoms with van der Waals surface area (Å²) in [5.41, 5.74) is 6.89. The highest BCUT2D eigenvalue weighted by Crippen LogP contribution is 2.45. The first kappa shape index (κ1) is 13.0. The number of rotatable bonds is 4. The predicted molar refractivity (Wildman–Crippen MR) is 81.6 cm³/mol. The third-order valence-electron chi connectivity index (χ3n) is 4.52. The SMILES string of the molecule is CC(Nc1ccc(NC(N)=O)cc1)C1CC2C=CC1C2. The molecular formula is C16H21N3O. The van der Waals surface area contributed by atoms with Gasteiger partial charge in [0.15, 0.2) is 0 Å². The number of primary amides is 1. The Morgan fingerprint density at radius 3 is 2.45 bits per heavy atom. The second-order valence-corrected chi connectivity index (χ2v) is 5.94. The van der Waals surface area contributed by atoms with E-state index in [1.54, 1.807) is 0 Å². The van der Waals surface area contributed by atoms with E-state index >= 15 is 0 Å². The maximum absolute atomic E-state index is 10.8. The van der Waals surface area contributed by atoms with Crippen LogP contribution >= 0.6 is 0 Å². The zero-order chi connectivity index (χ0) is 14.1. The number of benzene rings is 1. The first-order valence-electron chi connectivity index (χ1n) is 7.23. The highest BCUT2D eigenvalue weighted by Gasteiger charge is 2.38. The van der Waals surface area contributed by atoms with Crippen LogP contribution in [-0.4, -0.2) is 12.1 Å². The van der Waals surface area contributed by atoms with Crippen LogP contribution in [0.4, 0.5) is 16.2 Å². The predicted octanol–water partition coefficient (Wildman–Crippen LogP) is 3.19. The highest BCUT2D eigenvalue weighted by molar-refractivity contribution is 5.87. The largest absolute Gasteiger partial charge is 0.382 e. The maximum atomic E-state index is 10.8. The van der Waals surface area contributed by atoms with Crippen molar-refractivity contribution in [3.05, 3.63) is 36.4 Å². The van der Waals surface area contributed by atoms with Gasteiger partial charge in [0.05, 0.1) is 0 Å². The molecular weight excluding hydrogens is 250 g/mol. The van der Waals surface area contributed by atoms with Crippen molar-refractivity contribution in [1.82, 2.24) is 0 Å². The molecule has 20 heavy (non-hydrogen) atoms. The highest BCUT2D eigenvalue weighted by atomic mass is 16.2. The first-order valence-corrected chi connectivity index (χ1v) is 7.23. The van der Waals surface area contributed by atoms with Gasteiger partial charge in [-0.15, -0.1) is 0 Å². The Morgan fingerprint density at radius 1 is 1.20 bits per heavy atom. The summed E-state index contributed by atoms with van der Waals surface area (Å²) < 4.78 is 0. The lowest BCUT2D eigenvalue weighted by Crippen LogP contribution is -2.28. The lowest BCUT2D eigenvalue weighted by molar-refractivity contribution is 0.259. The van der Waals surface area contributed by atoms with Gasteiger partial charge in [-0.1, -0.05) is 12.2 Å². The molecule has 1 aromatic carbocycles. The number of hydrogen-bond donors (Lipinski definition) is 3. The van der Waals surface area contributed by atoms with Crippen LogP contribution in [-0.2, 0) is 0 Å². The number of carbonyl (C=O) groups is 1. The number of nitrogens with two attached hydrogens (primary N) is 1. The number of amides is 2. The average molecular weight is 271 g/mol. The molecule has 2 amide bonds. The van der Waals surface area contributed by atoms with E-state index in [1.165, 1.54) is 12.8 Å². The Morgan fingerprint density at radius 2 is 1.90 bits per heavy atom. The van der Waals surface area contributed by atoms with Gasteiger partial charge in [-0.25, -0.2) is 4.79 Å². The monoisotopic (exact) mass is 271 g/mol. The van der Waals surface area contributed by atoms with E-state index in [2.05, 4.69) is 29.7 Å². The molecule has 106 valence electrons. The summed E-state index contributed by atoms with van der Waals surface area (Å²) in [7, 11) is 0. The number of allylic oxidation sites excluding steroid dienone is 2. The standard InChI is InChI=1S/C16H21N3O/c1-10(15-9-11-2-3-12(15)8-11)18-13-4-6-14(7-5-13)19-16(17)20/h2-7,10-12,15,18H,8-9H2,1H3,(H3,17,19,20). The molecule has 1 fully saturated rings. The molecule has 2 aliphatic rings. The van der Waals surface area contributed by atoms with E-state index in [9.17, 15) is 4.79 Å². The molecule has 4 unspecified atom stereocenters. The van der Waals surface area contributed by atoms with Crippen molar-refractivity contribution in [2.45, 2.75) is 25.8 Å². The molecule has 2 bridgehead atoms. The van der Waals surface area contributed by atoms with Gasteiger partial charge in [-0.2, -0.15) is 0 Å². The summed E-state index contributed by atoms with van der Waals surface area (Å²) in [5.74, 6) is 2.28. The van der Waals surface area contributed by atoms with Gasteiger partial charge in [-0.3, -0.25) is 0 Å². The van der Waals surface area contributed by atoms with Gasteiger partial charge in [0.25, 0.3) is 0 Å². The minimum absolute atomic E-state index is 0.463. The molecule has 0 heterocycles. The maximum Gasteiger partial charge on any atom is 0.316 e. The molecule has 4 N–H and O–H groups in total. The van der Waals surface area contributed by atoms with Crippen LogP contribution in [0.5, 0.6) is 0 Å². The van der Waals surface area contributed by atoms with Crippen LogP contribution in [0.2, 0.25) is 0 Å². The van der Waals surface area contributed by atoms with E-state index < -0.39 is 6.03 Å². The number of fused-ring (bicyclic) bond motifs is 2. The van der Waals surface area contributed by atoms with Gasteiger partial charge in [0.2, 0.25) is 0 Å². The van der Waals surface area contributed by atoms with E-state index in [1.807, 2.05) is 24.3 Å². The fourth-order valence-corrected chi connectivity index (χ4v) is 3.56. The van der Waals surface area contributed by atoms with Crippen LogP contribution in [0.3, 0.4) is 0 Å². The van der Waals surface area contributed by atoms with Crippen LogP contribution in [0.25, 0.3) is 0 Å². The molecule has 0 aromatic heterocycles. The Balaban J connectivity index is 1.60. The van der Waals surface area contributed by atoms with Crippen molar-refractivity contribution in [3.8, 4) is 0 Å². The summed E-state index contributed by atoms with van der Waals surface area (Å²) in [6, 6.07) is 7.61. The Hall–Kier alpha value is -1.97. The molecule has 2 aliphatic carbocycles. The molecule has 4 atom stereocenters. The smallest absolute Gasteiger partial charge is 0.316 e. The number of carbonyl (C=O) groups excluding carboxylic acids is 1. The number of urea groups is 1. The van der Waals surface area contributed by atoms with E-state index in [0.717, 1.165) is 29.1 Å². The summed E-state index contributed by atoms with van der Waals surface area (Å²) in [6.07, 6.45) is 7.39. The summed E-state index contributed by atoms with van der Waals surface area (Å²) in [6.45, 7) is 2.26. The zero-order valence-corrected chi connectivity index (χ0v) is 11.7. The van der Waals surface area contributed by atoms with Crippen LogP contribution < -0.4 is 16.4 Å². The number of nitrogens with one attached hydrogen (secondary N) is 2. The fourth-order valence-electron chi connectivity index (χ4n) is 3.56. The second-order valence-electron chi connectivity index (χ2n) is 5.94. The van der Waals surface area contributed by atoms with Crippen LogP contribution in [0.1, 0.15) is 19.8 Å². The summed E-state index contributed by atoms with van der Waals surface area (Å²) in [5, 5.41) is 6.14. The normalized spacial score (nSPS) is 28.4. The molecule has 0 radical (unpaired) electrons. The Labute approximate surface area is 119 Å². The molecule has 4 heteroatoms. The van der Waals surface area contributed by atoms with Crippen molar-refractivity contribution < 1.29 is 4.79 Å². The molecule has 0 saturated heterocycles. The minimum Gasteiger partial charge on any atom is -0.382 e. The lowest BCUT2D eigenvalue weighted by atomic mass is 9.87. The molecule has 1 saturated carbocycles. The fraction of sp³-hybridized carbons (Fsp3) is 0.438. The molecule has 4 nitrogen and oxygen atoms in total. The minimum atomic E-state index is -0.534. The van der Waals surface area contributed by atoms with Crippen molar-refractivity contribution in [2.24, 2.45) is 23.5 Å². The number of hydrogen-bond acceptors (Lipinski definition) is 2. The zero-order valence-electron chi connectivity index (χ0n) is 11.7. The summed E-state index contributed by atoms with van der Waals surface area (Å²) in [4.78, 5) is 10.8. The van der Waals surface area contributed by atoms with E-state index in [-0.39, 0.29) is 0 Å². The first-order chi connectivity index (χ1) is 9.61. The van der Waals surface area contributed by atoms with Crippen LogP contribution in [0, 0.1) is 17.8 Å². The third-order valence-corrected chi connectivity index (χ3v) is 4.52. The van der Waals surface area contributed by atoms with Gasteiger partial charge in [-0.05, 0) is 61.8 Å². The van der Waals surface area contributed by atoms with Crippen molar-refractivity contribution in [1.29, 1.82) is 0 Å². The molecule has 3 rings (SSSR count). The molecule has 0 aliphatic heterocycles. The Kier molecular flexibility index (Phi) is 3.38. The van der Waals surface area contributed by atoms with Gasteiger partial charge in [0.1, 0.15) is 0 Å². The van der Waals surface area contributed by atoms with Crippen molar-refractivity contribution >= 4 is 17.4 Å². The summed E-state index contributed by atoms with van der Waals surface area (Å²) >= 11 is 0. The van der Waals surface area contributed by atoms with Crippen LogP contribution in [0.15, 0.2) is 36.4 Å². The number of anilines is 2. The molecule has 0 spiro atoms. The quantitative estimate of drug-likeness (QED) is 0.736. The van der Waals surface area contributed by atoms with Gasteiger partial charge >= 0.3 is 6.03 Å². The van der Waals surface area contributed by atoms with Gasteiger partial charge in [0, 0.05) is 17.4 Å². The third kappa shape index (κ3) is 2.64. The second kappa shape index (κ2) is 5.19. The van der Waals surface area contributed by atoms with E-state index in [4.69, 9.17) is 5.73 Å². The molecule has 1 aromatic rings. The van der Waals surface area contributed by atoms with E-state index in [0.29, 0.717) is 6.04 Å². The van der Waals surface area contributed by atoms with Gasteiger partial charge < -0.3 is 16.4 Å². The van der Waals surface area contributed by atoms with Crippen molar-refractivity contribution in [2.75, 3.05) is 10.6 Å². The van der Waals surface area contributed by atoms with Crippen molar-refractivity contribution in [3.63, 3.8) is 0 Å². The lowest BCUT2D eigenvalue weighted by Gasteiger charge is -2.27. The average Bonchev–Trinajstić information content (AvgIpc) is 3.03.